The summed E-state index contributed by atoms with van der Waals surface area (Å²) >= 11 is 0. The number of hydrogen-bond donors (Lipinski definition) is 1. The summed E-state index contributed by atoms with van der Waals surface area (Å²) in [6.07, 6.45) is 1.14. The molecule has 0 amide bonds. The molecule has 1 heterocycles. The molecule has 14 heavy (non-hydrogen) atoms. The van der Waals surface area contributed by atoms with E-state index in [1.165, 1.54) is 0 Å². The lowest BCUT2D eigenvalue weighted by atomic mass is 10.1. The van der Waals surface area contributed by atoms with Gasteiger partial charge in [0.15, 0.2) is 5.82 Å². The van der Waals surface area contributed by atoms with E-state index in [9.17, 15) is 5.11 Å². The molecule has 1 aromatic heterocycles. The van der Waals surface area contributed by atoms with E-state index in [4.69, 9.17) is 4.74 Å². The fourth-order valence-corrected chi connectivity index (χ4v) is 1.20. The Bertz CT molecular complexity index is 300. The molecule has 0 aromatic carbocycles. The molecule has 1 N–H and O–H groups in total. The molecule has 1 atom stereocenters. The maximum atomic E-state index is 9.36. The Labute approximate surface area is 84.0 Å². The van der Waals surface area contributed by atoms with E-state index < -0.39 is 6.10 Å². The maximum absolute atomic E-state index is 9.36. The van der Waals surface area contributed by atoms with E-state index in [1.807, 2.05) is 13.8 Å². The third-order valence-electron chi connectivity index (χ3n) is 1.95. The summed E-state index contributed by atoms with van der Waals surface area (Å²) in [6, 6.07) is 0. The zero-order valence-electron chi connectivity index (χ0n) is 8.82. The first-order valence-corrected chi connectivity index (χ1v) is 4.73. The molecule has 0 saturated carbocycles. The van der Waals surface area contributed by atoms with Crippen LogP contribution in [0.4, 0.5) is 0 Å². The zero-order chi connectivity index (χ0) is 10.6. The molecule has 0 aliphatic heterocycles. The van der Waals surface area contributed by atoms with Gasteiger partial charge < -0.3 is 9.84 Å². The molecule has 1 unspecified atom stereocenters. The third-order valence-corrected chi connectivity index (χ3v) is 1.95. The smallest absolute Gasteiger partial charge is 0.154 e. The topological polar surface area (TPSA) is 55.2 Å². The SMILES string of the molecule is CCOCc1ncc(C(C)O)c(C)n1. The van der Waals surface area contributed by atoms with Crippen molar-refractivity contribution in [2.24, 2.45) is 0 Å². The zero-order valence-corrected chi connectivity index (χ0v) is 8.82. The molecule has 1 rings (SSSR count). The molecular weight excluding hydrogens is 180 g/mol. The number of hydrogen-bond acceptors (Lipinski definition) is 4. The highest BCUT2D eigenvalue weighted by Crippen LogP contribution is 2.13. The Morgan fingerprint density at radius 1 is 1.57 bits per heavy atom. The molecular formula is C10H16N2O2. The third kappa shape index (κ3) is 2.75. The minimum Gasteiger partial charge on any atom is -0.389 e. The first-order chi connectivity index (χ1) is 6.65. The fraction of sp³-hybridized carbons (Fsp3) is 0.600. The van der Waals surface area contributed by atoms with Gasteiger partial charge in [0.05, 0.1) is 6.10 Å². The van der Waals surface area contributed by atoms with Crippen LogP contribution >= 0.6 is 0 Å². The first kappa shape index (κ1) is 11.1. The van der Waals surface area contributed by atoms with Crippen LogP contribution in [0.15, 0.2) is 6.20 Å². The van der Waals surface area contributed by atoms with Gasteiger partial charge >= 0.3 is 0 Å². The van der Waals surface area contributed by atoms with Crippen LogP contribution < -0.4 is 0 Å². The fourth-order valence-electron chi connectivity index (χ4n) is 1.20. The van der Waals surface area contributed by atoms with Gasteiger partial charge in [0.2, 0.25) is 0 Å². The lowest BCUT2D eigenvalue weighted by molar-refractivity contribution is 0.127. The van der Waals surface area contributed by atoms with Crippen LogP contribution in [0.5, 0.6) is 0 Å². The summed E-state index contributed by atoms with van der Waals surface area (Å²) in [5.41, 5.74) is 1.58. The van der Waals surface area contributed by atoms with Crippen molar-refractivity contribution in [3.8, 4) is 0 Å². The molecule has 0 spiro atoms. The molecule has 4 nitrogen and oxygen atoms in total. The molecule has 0 aliphatic rings. The summed E-state index contributed by atoms with van der Waals surface area (Å²) in [4.78, 5) is 8.34. The minimum absolute atomic E-state index is 0.428. The number of aryl methyl sites for hydroxylation is 1. The molecule has 1 aromatic rings. The van der Waals surface area contributed by atoms with Gasteiger partial charge in [-0.3, -0.25) is 0 Å². The number of nitrogens with zero attached hydrogens (tertiary/aromatic N) is 2. The molecule has 0 saturated heterocycles. The van der Waals surface area contributed by atoms with Gasteiger partial charge in [-0.25, -0.2) is 9.97 Å². The average molecular weight is 196 g/mol. The Morgan fingerprint density at radius 2 is 2.29 bits per heavy atom. The Hall–Kier alpha value is -1.00. The van der Waals surface area contributed by atoms with Gasteiger partial charge in [-0.2, -0.15) is 0 Å². The summed E-state index contributed by atoms with van der Waals surface area (Å²) in [5.74, 6) is 0.661. The number of aliphatic hydroxyl groups is 1. The van der Waals surface area contributed by atoms with E-state index in [0.29, 0.717) is 19.0 Å². The number of aliphatic hydroxyl groups excluding tert-OH is 1. The van der Waals surface area contributed by atoms with Crippen molar-refractivity contribution in [3.63, 3.8) is 0 Å². The standard InChI is InChI=1S/C10H16N2O2/c1-4-14-6-10-11-5-9(8(3)13)7(2)12-10/h5,8,13H,4,6H2,1-3H3. The van der Waals surface area contributed by atoms with E-state index in [-0.39, 0.29) is 0 Å². The van der Waals surface area contributed by atoms with Crippen molar-refractivity contribution in [1.82, 2.24) is 9.97 Å². The number of aromatic nitrogens is 2. The highest BCUT2D eigenvalue weighted by molar-refractivity contribution is 5.18. The highest BCUT2D eigenvalue weighted by Gasteiger charge is 2.07. The normalized spacial score (nSPS) is 12.9. The second-order valence-corrected chi connectivity index (χ2v) is 3.14. The molecule has 0 aliphatic carbocycles. The number of ether oxygens (including phenoxy) is 1. The molecule has 0 radical (unpaired) electrons. The van der Waals surface area contributed by atoms with Gasteiger partial charge in [0.1, 0.15) is 6.61 Å². The Morgan fingerprint density at radius 3 is 2.79 bits per heavy atom. The van der Waals surface area contributed by atoms with Crippen LogP contribution in [-0.2, 0) is 11.3 Å². The number of rotatable bonds is 4. The van der Waals surface area contributed by atoms with E-state index in [2.05, 4.69) is 9.97 Å². The minimum atomic E-state index is -0.517. The summed E-state index contributed by atoms with van der Waals surface area (Å²) in [7, 11) is 0. The van der Waals surface area contributed by atoms with Crippen LogP contribution in [-0.4, -0.2) is 21.7 Å². The van der Waals surface area contributed by atoms with Crippen LogP contribution in [0.1, 0.15) is 37.0 Å². The van der Waals surface area contributed by atoms with Gasteiger partial charge in [0, 0.05) is 24.1 Å². The van der Waals surface area contributed by atoms with Crippen molar-refractivity contribution < 1.29 is 9.84 Å². The first-order valence-electron chi connectivity index (χ1n) is 4.73. The Balaban J connectivity index is 2.78. The van der Waals surface area contributed by atoms with Crippen molar-refractivity contribution in [3.05, 3.63) is 23.3 Å². The molecule has 0 bridgehead atoms. The van der Waals surface area contributed by atoms with E-state index in [1.54, 1.807) is 13.1 Å². The second-order valence-electron chi connectivity index (χ2n) is 3.14. The average Bonchev–Trinajstić information content (AvgIpc) is 2.14. The van der Waals surface area contributed by atoms with E-state index >= 15 is 0 Å². The van der Waals surface area contributed by atoms with Crippen LogP contribution in [0.2, 0.25) is 0 Å². The lowest BCUT2D eigenvalue weighted by Gasteiger charge is -2.08. The van der Waals surface area contributed by atoms with Crippen LogP contribution in [0.3, 0.4) is 0 Å². The second kappa shape index (κ2) is 5.02. The van der Waals surface area contributed by atoms with E-state index in [0.717, 1.165) is 11.3 Å². The predicted octanol–water partition coefficient (Wildman–Crippen LogP) is 1.37. The summed E-state index contributed by atoms with van der Waals surface area (Å²) in [5, 5.41) is 9.36. The highest BCUT2D eigenvalue weighted by atomic mass is 16.5. The van der Waals surface area contributed by atoms with Crippen molar-refractivity contribution in [1.29, 1.82) is 0 Å². The molecule has 4 heteroatoms. The maximum Gasteiger partial charge on any atom is 0.154 e. The van der Waals surface area contributed by atoms with Crippen LogP contribution in [0, 0.1) is 6.92 Å². The van der Waals surface area contributed by atoms with Gasteiger partial charge in [0.25, 0.3) is 0 Å². The summed E-state index contributed by atoms with van der Waals surface area (Å²) < 4.78 is 5.19. The van der Waals surface area contributed by atoms with Gasteiger partial charge in [-0.1, -0.05) is 0 Å². The van der Waals surface area contributed by atoms with Crippen LogP contribution in [0.25, 0.3) is 0 Å². The summed E-state index contributed by atoms with van der Waals surface area (Å²) in [6.45, 7) is 6.57. The Kier molecular flexibility index (Phi) is 3.98. The predicted molar refractivity (Wildman–Crippen MR) is 52.7 cm³/mol. The lowest BCUT2D eigenvalue weighted by Crippen LogP contribution is -2.05. The monoisotopic (exact) mass is 196 g/mol. The molecule has 78 valence electrons. The van der Waals surface area contributed by atoms with Crippen molar-refractivity contribution >= 4 is 0 Å². The van der Waals surface area contributed by atoms with Crippen molar-refractivity contribution in [2.45, 2.75) is 33.5 Å². The quantitative estimate of drug-likeness (QED) is 0.790. The van der Waals surface area contributed by atoms with Gasteiger partial charge in [-0.05, 0) is 20.8 Å². The molecule has 0 fully saturated rings. The van der Waals surface area contributed by atoms with Crippen molar-refractivity contribution in [2.75, 3.05) is 6.61 Å². The van der Waals surface area contributed by atoms with Gasteiger partial charge in [-0.15, -0.1) is 0 Å². The largest absolute Gasteiger partial charge is 0.389 e.